The summed E-state index contributed by atoms with van der Waals surface area (Å²) in [5.74, 6) is 0.178. The van der Waals surface area contributed by atoms with Crippen LogP contribution in [0.2, 0.25) is 0 Å². The lowest BCUT2D eigenvalue weighted by atomic mass is 10.0. The summed E-state index contributed by atoms with van der Waals surface area (Å²) in [5.41, 5.74) is 5.60. The van der Waals surface area contributed by atoms with Crippen LogP contribution in [0, 0.1) is 5.92 Å². The zero-order valence-electron chi connectivity index (χ0n) is 12.3. The molecule has 0 aliphatic carbocycles. The molecule has 1 atom stereocenters. The predicted octanol–water partition coefficient (Wildman–Crippen LogP) is -0.796. The van der Waals surface area contributed by atoms with Gasteiger partial charge in [-0.3, -0.25) is 9.59 Å². The number of hydrogen-bond donors (Lipinski definition) is 1. The van der Waals surface area contributed by atoms with Crippen LogP contribution in [0.5, 0.6) is 0 Å². The fourth-order valence-electron chi connectivity index (χ4n) is 2.25. The lowest BCUT2D eigenvalue weighted by Crippen LogP contribution is -2.53. The van der Waals surface area contributed by atoms with Crippen LogP contribution in [0.25, 0.3) is 0 Å². The maximum Gasteiger partial charge on any atom is 0.236 e. The molecule has 1 saturated heterocycles. The molecule has 1 fully saturated rings. The van der Waals surface area contributed by atoms with Crippen molar-refractivity contribution in [3.8, 4) is 0 Å². The van der Waals surface area contributed by atoms with Gasteiger partial charge in [-0.2, -0.15) is 0 Å². The topological polar surface area (TPSA) is 69.9 Å². The Labute approximate surface area is 115 Å². The number of hydrogen-bond acceptors (Lipinski definition) is 4. The van der Waals surface area contributed by atoms with Crippen molar-refractivity contribution in [1.82, 2.24) is 14.7 Å². The van der Waals surface area contributed by atoms with Gasteiger partial charge in [0, 0.05) is 32.7 Å². The molecule has 1 aliphatic heterocycles. The monoisotopic (exact) mass is 270 g/mol. The van der Waals surface area contributed by atoms with Gasteiger partial charge in [-0.1, -0.05) is 6.92 Å². The van der Waals surface area contributed by atoms with Crippen molar-refractivity contribution in [3.05, 3.63) is 0 Å². The van der Waals surface area contributed by atoms with Gasteiger partial charge in [0.15, 0.2) is 0 Å². The fourth-order valence-corrected chi connectivity index (χ4v) is 2.25. The van der Waals surface area contributed by atoms with E-state index in [1.165, 1.54) is 0 Å². The number of nitrogens with zero attached hydrogens (tertiary/aromatic N) is 3. The highest BCUT2D eigenvalue weighted by molar-refractivity contribution is 5.80. The lowest BCUT2D eigenvalue weighted by Gasteiger charge is -2.36. The maximum atomic E-state index is 12.1. The summed E-state index contributed by atoms with van der Waals surface area (Å²) >= 11 is 0. The summed E-state index contributed by atoms with van der Waals surface area (Å²) in [5, 5.41) is 0. The molecule has 1 rings (SSSR count). The van der Waals surface area contributed by atoms with Crippen LogP contribution >= 0.6 is 0 Å². The first-order chi connectivity index (χ1) is 8.99. The van der Waals surface area contributed by atoms with Gasteiger partial charge in [-0.05, 0) is 20.5 Å². The Morgan fingerprint density at radius 1 is 1.16 bits per heavy atom. The first-order valence-electron chi connectivity index (χ1n) is 6.91. The van der Waals surface area contributed by atoms with Crippen molar-refractivity contribution in [2.75, 3.05) is 53.4 Å². The van der Waals surface area contributed by atoms with E-state index in [4.69, 9.17) is 5.73 Å². The van der Waals surface area contributed by atoms with Gasteiger partial charge >= 0.3 is 0 Å². The summed E-state index contributed by atoms with van der Waals surface area (Å²) in [6, 6.07) is 0. The molecular weight excluding hydrogens is 244 g/mol. The van der Waals surface area contributed by atoms with Gasteiger partial charge in [0.05, 0.1) is 12.5 Å². The maximum absolute atomic E-state index is 12.1. The molecule has 0 radical (unpaired) electrons. The second-order valence-electron chi connectivity index (χ2n) is 5.28. The number of piperazine rings is 1. The minimum atomic E-state index is -0.0796. The standard InChI is InChI=1S/C13H26N4O2/c1-4-11(9-14)13(19)17-7-5-16(6-8-17)12(18)10-15(2)3/h11H,4-10,14H2,1-3H3. The average molecular weight is 270 g/mol. The van der Waals surface area contributed by atoms with Gasteiger partial charge in [0.25, 0.3) is 0 Å². The Morgan fingerprint density at radius 3 is 2.11 bits per heavy atom. The molecule has 1 unspecified atom stereocenters. The third kappa shape index (κ3) is 4.47. The first-order valence-corrected chi connectivity index (χ1v) is 6.91. The van der Waals surface area contributed by atoms with Crippen LogP contribution in [0.1, 0.15) is 13.3 Å². The molecule has 2 N–H and O–H groups in total. The predicted molar refractivity (Wildman–Crippen MR) is 74.5 cm³/mol. The first kappa shape index (κ1) is 15.9. The van der Waals surface area contributed by atoms with Crippen molar-refractivity contribution in [2.45, 2.75) is 13.3 Å². The van der Waals surface area contributed by atoms with E-state index in [0.717, 1.165) is 6.42 Å². The molecule has 1 heterocycles. The van der Waals surface area contributed by atoms with E-state index in [9.17, 15) is 9.59 Å². The molecule has 110 valence electrons. The molecule has 6 heteroatoms. The normalized spacial score (nSPS) is 17.7. The molecule has 0 bridgehead atoms. The van der Waals surface area contributed by atoms with Gasteiger partial charge in [0.1, 0.15) is 0 Å². The average Bonchev–Trinajstić information content (AvgIpc) is 2.39. The third-order valence-electron chi connectivity index (χ3n) is 3.52. The van der Waals surface area contributed by atoms with E-state index in [2.05, 4.69) is 0 Å². The van der Waals surface area contributed by atoms with E-state index >= 15 is 0 Å². The van der Waals surface area contributed by atoms with Crippen LogP contribution in [0.4, 0.5) is 0 Å². The number of likely N-dealkylation sites (N-methyl/N-ethyl adjacent to an activating group) is 1. The molecule has 0 saturated carbocycles. The summed E-state index contributed by atoms with van der Waals surface area (Å²) in [7, 11) is 3.76. The minimum absolute atomic E-state index is 0.0796. The Balaban J connectivity index is 2.44. The SMILES string of the molecule is CCC(CN)C(=O)N1CCN(C(=O)CN(C)C)CC1. The number of nitrogens with two attached hydrogens (primary N) is 1. The Bertz CT molecular complexity index is 308. The van der Waals surface area contributed by atoms with Crippen molar-refractivity contribution in [3.63, 3.8) is 0 Å². The number of carbonyl (C=O) groups excluding carboxylic acids is 2. The van der Waals surface area contributed by atoms with E-state index in [-0.39, 0.29) is 17.7 Å². The molecule has 1 aliphatic rings. The summed E-state index contributed by atoms with van der Waals surface area (Å²) in [6.45, 7) is 5.29. The van der Waals surface area contributed by atoms with Crippen LogP contribution in [-0.4, -0.2) is 79.9 Å². The van der Waals surface area contributed by atoms with Crippen molar-refractivity contribution >= 4 is 11.8 Å². The Morgan fingerprint density at radius 2 is 1.68 bits per heavy atom. The number of amides is 2. The quantitative estimate of drug-likeness (QED) is 0.710. The van der Waals surface area contributed by atoms with Crippen molar-refractivity contribution < 1.29 is 9.59 Å². The minimum Gasteiger partial charge on any atom is -0.339 e. The van der Waals surface area contributed by atoms with E-state index in [0.29, 0.717) is 39.3 Å². The Kier molecular flexibility index (Phi) is 6.24. The van der Waals surface area contributed by atoms with E-state index < -0.39 is 0 Å². The summed E-state index contributed by atoms with van der Waals surface area (Å²) in [4.78, 5) is 29.6. The number of rotatable bonds is 5. The van der Waals surface area contributed by atoms with Crippen LogP contribution in [0.15, 0.2) is 0 Å². The second-order valence-corrected chi connectivity index (χ2v) is 5.28. The second kappa shape index (κ2) is 7.45. The molecule has 19 heavy (non-hydrogen) atoms. The molecule has 6 nitrogen and oxygen atoms in total. The van der Waals surface area contributed by atoms with Crippen molar-refractivity contribution in [2.24, 2.45) is 11.7 Å². The van der Waals surface area contributed by atoms with Crippen LogP contribution < -0.4 is 5.73 Å². The van der Waals surface area contributed by atoms with Gasteiger partial charge < -0.3 is 20.4 Å². The van der Waals surface area contributed by atoms with Gasteiger partial charge in [0.2, 0.25) is 11.8 Å². The van der Waals surface area contributed by atoms with Gasteiger partial charge in [-0.15, -0.1) is 0 Å². The lowest BCUT2D eigenvalue weighted by molar-refractivity contribution is -0.142. The van der Waals surface area contributed by atoms with E-state index in [1.807, 2.05) is 35.7 Å². The fraction of sp³-hybridized carbons (Fsp3) is 0.846. The van der Waals surface area contributed by atoms with Crippen LogP contribution in [-0.2, 0) is 9.59 Å². The summed E-state index contributed by atoms with van der Waals surface area (Å²) in [6.07, 6.45) is 0.773. The molecule has 0 aromatic carbocycles. The van der Waals surface area contributed by atoms with Gasteiger partial charge in [-0.25, -0.2) is 0 Å². The van der Waals surface area contributed by atoms with Crippen LogP contribution in [0.3, 0.4) is 0 Å². The third-order valence-corrected chi connectivity index (χ3v) is 3.52. The van der Waals surface area contributed by atoms with E-state index in [1.54, 1.807) is 0 Å². The zero-order valence-corrected chi connectivity index (χ0v) is 12.3. The highest BCUT2D eigenvalue weighted by Crippen LogP contribution is 2.10. The molecule has 2 amide bonds. The largest absolute Gasteiger partial charge is 0.339 e. The number of carbonyl (C=O) groups is 2. The smallest absolute Gasteiger partial charge is 0.236 e. The summed E-state index contributed by atoms with van der Waals surface area (Å²) < 4.78 is 0. The molecular formula is C13H26N4O2. The highest BCUT2D eigenvalue weighted by atomic mass is 16.2. The highest BCUT2D eigenvalue weighted by Gasteiger charge is 2.27. The van der Waals surface area contributed by atoms with Crippen molar-refractivity contribution in [1.29, 1.82) is 0 Å². The molecule has 0 aromatic rings. The molecule has 0 aromatic heterocycles. The zero-order chi connectivity index (χ0) is 14.4. The molecule has 0 spiro atoms. The Hall–Kier alpha value is -1.14.